The molecule has 0 aliphatic rings. The minimum absolute atomic E-state index is 0.625. The molecule has 0 bridgehead atoms. The van der Waals surface area contributed by atoms with Gasteiger partial charge in [-0.05, 0) is 17.7 Å². The van der Waals surface area contributed by atoms with Crippen LogP contribution in [0.5, 0.6) is 0 Å². The summed E-state index contributed by atoms with van der Waals surface area (Å²) < 4.78 is 1.80. The largest absolute Gasteiger partial charge is 0.247 e. The normalized spacial score (nSPS) is 10.2. The minimum atomic E-state index is 0.625. The molecule has 1 heterocycles. The van der Waals surface area contributed by atoms with Crippen LogP contribution in [0.1, 0.15) is 11.1 Å². The Morgan fingerprint density at radius 2 is 1.90 bits per heavy atom. The maximum atomic E-state index is 8.92. The second kappa shape index (κ2) is 5.37. The second-order valence-corrected chi connectivity index (χ2v) is 4.48. The molecule has 0 spiro atoms. The summed E-state index contributed by atoms with van der Waals surface area (Å²) in [6, 6.07) is 19.6. The number of nitriles is 1. The van der Waals surface area contributed by atoms with E-state index >= 15 is 0 Å². The molecule has 0 radical (unpaired) electrons. The van der Waals surface area contributed by atoms with Gasteiger partial charge in [0.25, 0.3) is 0 Å². The third kappa shape index (κ3) is 2.57. The van der Waals surface area contributed by atoms with E-state index in [2.05, 4.69) is 28.5 Å². The van der Waals surface area contributed by atoms with Gasteiger partial charge >= 0.3 is 0 Å². The van der Waals surface area contributed by atoms with Crippen LogP contribution in [0.4, 0.5) is 0 Å². The van der Waals surface area contributed by atoms with Crippen molar-refractivity contribution < 1.29 is 0 Å². The van der Waals surface area contributed by atoms with Gasteiger partial charge in [-0.2, -0.15) is 5.26 Å². The first-order chi connectivity index (χ1) is 9.85. The average Bonchev–Trinajstić information content (AvgIpc) is 2.97. The molecule has 0 amide bonds. The summed E-state index contributed by atoms with van der Waals surface area (Å²) in [7, 11) is 0. The zero-order valence-corrected chi connectivity index (χ0v) is 10.8. The van der Waals surface area contributed by atoms with Gasteiger partial charge in [0.05, 0.1) is 24.4 Å². The van der Waals surface area contributed by atoms with E-state index in [0.29, 0.717) is 12.1 Å². The molecule has 0 aliphatic carbocycles. The van der Waals surface area contributed by atoms with Crippen molar-refractivity contribution in [3.05, 3.63) is 71.9 Å². The van der Waals surface area contributed by atoms with Gasteiger partial charge in [-0.25, -0.2) is 4.68 Å². The fourth-order valence-electron chi connectivity index (χ4n) is 2.03. The molecule has 1 aromatic heterocycles. The minimum Gasteiger partial charge on any atom is -0.247 e. The van der Waals surface area contributed by atoms with E-state index in [1.807, 2.05) is 42.6 Å². The predicted molar refractivity (Wildman–Crippen MR) is 75.7 cm³/mol. The number of hydrogen-bond acceptors (Lipinski definition) is 3. The molecule has 0 aliphatic heterocycles. The van der Waals surface area contributed by atoms with E-state index < -0.39 is 0 Å². The maximum Gasteiger partial charge on any atom is 0.113 e. The summed E-state index contributed by atoms with van der Waals surface area (Å²) >= 11 is 0. The lowest BCUT2D eigenvalue weighted by Gasteiger charge is -1.99. The van der Waals surface area contributed by atoms with Crippen LogP contribution < -0.4 is 0 Å². The molecule has 3 aromatic rings. The molecule has 0 saturated heterocycles. The van der Waals surface area contributed by atoms with Crippen LogP contribution in [0, 0.1) is 11.3 Å². The number of hydrogen-bond donors (Lipinski definition) is 0. The smallest absolute Gasteiger partial charge is 0.113 e. The van der Waals surface area contributed by atoms with Crippen LogP contribution in [-0.4, -0.2) is 15.0 Å². The van der Waals surface area contributed by atoms with Crippen molar-refractivity contribution in [2.24, 2.45) is 0 Å². The average molecular weight is 260 g/mol. The van der Waals surface area contributed by atoms with Crippen molar-refractivity contribution in [1.82, 2.24) is 15.0 Å². The van der Waals surface area contributed by atoms with Crippen molar-refractivity contribution in [3.8, 4) is 17.3 Å². The first-order valence-electron chi connectivity index (χ1n) is 6.30. The van der Waals surface area contributed by atoms with Gasteiger partial charge in [0.15, 0.2) is 0 Å². The Bertz CT molecular complexity index is 753. The molecule has 0 unspecified atom stereocenters. The van der Waals surface area contributed by atoms with Crippen molar-refractivity contribution >= 4 is 0 Å². The van der Waals surface area contributed by atoms with Gasteiger partial charge in [0, 0.05) is 5.56 Å². The number of benzene rings is 2. The van der Waals surface area contributed by atoms with E-state index in [9.17, 15) is 0 Å². The van der Waals surface area contributed by atoms with E-state index in [-0.39, 0.29) is 0 Å². The summed E-state index contributed by atoms with van der Waals surface area (Å²) in [5.41, 5.74) is 3.48. The molecule has 4 heteroatoms. The van der Waals surface area contributed by atoms with Crippen LogP contribution in [0.3, 0.4) is 0 Å². The Hall–Kier alpha value is -2.93. The van der Waals surface area contributed by atoms with E-state index in [0.717, 1.165) is 11.3 Å². The van der Waals surface area contributed by atoms with Crippen molar-refractivity contribution in [2.45, 2.75) is 6.54 Å². The van der Waals surface area contributed by atoms with E-state index in [4.69, 9.17) is 5.26 Å². The monoisotopic (exact) mass is 260 g/mol. The Morgan fingerprint density at radius 3 is 2.70 bits per heavy atom. The van der Waals surface area contributed by atoms with Gasteiger partial charge in [-0.3, -0.25) is 0 Å². The van der Waals surface area contributed by atoms with Gasteiger partial charge in [0.1, 0.15) is 5.69 Å². The third-order valence-corrected chi connectivity index (χ3v) is 3.01. The zero-order chi connectivity index (χ0) is 13.8. The Labute approximate surface area is 116 Å². The summed E-state index contributed by atoms with van der Waals surface area (Å²) in [5.74, 6) is 0. The fraction of sp³-hybridized carbons (Fsp3) is 0.0625. The summed E-state index contributed by atoms with van der Waals surface area (Å²) in [5, 5.41) is 17.2. The highest BCUT2D eigenvalue weighted by Crippen LogP contribution is 2.17. The van der Waals surface area contributed by atoms with Gasteiger partial charge in [0.2, 0.25) is 0 Å². The maximum absolute atomic E-state index is 8.92. The van der Waals surface area contributed by atoms with Crippen LogP contribution in [0.2, 0.25) is 0 Å². The van der Waals surface area contributed by atoms with Crippen molar-refractivity contribution in [2.75, 3.05) is 0 Å². The highest BCUT2D eigenvalue weighted by molar-refractivity contribution is 5.60. The molecule has 2 aromatic carbocycles. The molecule has 0 N–H and O–H groups in total. The standard InChI is InChI=1S/C16H12N4/c17-10-14-7-4-8-15(9-14)16-12-20(19-18-16)11-13-5-2-1-3-6-13/h1-9,12H,11H2. The lowest BCUT2D eigenvalue weighted by atomic mass is 10.1. The SMILES string of the molecule is N#Cc1cccc(-c2cn(Cc3ccccc3)nn2)c1. The first kappa shape index (κ1) is 12.1. The van der Waals surface area contributed by atoms with Crippen LogP contribution in [-0.2, 0) is 6.54 Å². The number of aromatic nitrogens is 3. The zero-order valence-electron chi connectivity index (χ0n) is 10.8. The van der Waals surface area contributed by atoms with Crippen LogP contribution in [0.15, 0.2) is 60.8 Å². The lowest BCUT2D eigenvalue weighted by Crippen LogP contribution is -1.99. The quantitative estimate of drug-likeness (QED) is 0.727. The summed E-state index contributed by atoms with van der Waals surface area (Å²) in [4.78, 5) is 0. The number of rotatable bonds is 3. The molecule has 20 heavy (non-hydrogen) atoms. The van der Waals surface area contributed by atoms with Crippen molar-refractivity contribution in [1.29, 1.82) is 5.26 Å². The van der Waals surface area contributed by atoms with Crippen LogP contribution in [0.25, 0.3) is 11.3 Å². The molecular formula is C16H12N4. The third-order valence-electron chi connectivity index (χ3n) is 3.01. The Kier molecular flexibility index (Phi) is 3.25. The topological polar surface area (TPSA) is 54.5 Å². The molecule has 0 saturated carbocycles. The molecule has 0 fully saturated rings. The molecule has 4 nitrogen and oxygen atoms in total. The van der Waals surface area contributed by atoms with E-state index in [1.54, 1.807) is 10.7 Å². The molecular weight excluding hydrogens is 248 g/mol. The van der Waals surface area contributed by atoms with Gasteiger partial charge in [-0.1, -0.05) is 47.7 Å². The first-order valence-corrected chi connectivity index (χ1v) is 6.30. The van der Waals surface area contributed by atoms with Crippen molar-refractivity contribution in [3.63, 3.8) is 0 Å². The molecule has 3 rings (SSSR count). The fourth-order valence-corrected chi connectivity index (χ4v) is 2.03. The number of nitrogens with zero attached hydrogens (tertiary/aromatic N) is 4. The predicted octanol–water partition coefficient (Wildman–Crippen LogP) is 2.87. The van der Waals surface area contributed by atoms with Gasteiger partial charge < -0.3 is 0 Å². The summed E-state index contributed by atoms with van der Waals surface area (Å²) in [6.07, 6.45) is 1.89. The lowest BCUT2D eigenvalue weighted by molar-refractivity contribution is 0.650. The second-order valence-electron chi connectivity index (χ2n) is 4.48. The molecule has 0 atom stereocenters. The van der Waals surface area contributed by atoms with Gasteiger partial charge in [-0.15, -0.1) is 5.10 Å². The molecule has 96 valence electrons. The Balaban J connectivity index is 1.85. The summed E-state index contributed by atoms with van der Waals surface area (Å²) in [6.45, 7) is 0.686. The van der Waals surface area contributed by atoms with E-state index in [1.165, 1.54) is 5.56 Å². The Morgan fingerprint density at radius 1 is 1.05 bits per heavy atom. The highest BCUT2D eigenvalue weighted by Gasteiger charge is 2.05. The van der Waals surface area contributed by atoms with Crippen LogP contribution >= 0.6 is 0 Å². The highest BCUT2D eigenvalue weighted by atomic mass is 15.4.